The smallest absolute Gasteiger partial charge is 0.166 e. The minimum atomic E-state index is 0.152. The van der Waals surface area contributed by atoms with Crippen LogP contribution in [-0.4, -0.2) is 16.7 Å². The molecule has 1 aliphatic rings. The molecule has 2 nitrogen and oxygen atoms in total. The van der Waals surface area contributed by atoms with Gasteiger partial charge in [-0.05, 0) is 44.8 Å². The summed E-state index contributed by atoms with van der Waals surface area (Å²) in [7, 11) is 0. The van der Waals surface area contributed by atoms with Crippen LogP contribution in [0.5, 0.6) is 0 Å². The van der Waals surface area contributed by atoms with Crippen LogP contribution in [0.15, 0.2) is 0 Å². The van der Waals surface area contributed by atoms with Crippen LogP contribution in [0.4, 0.5) is 0 Å². The minimum absolute atomic E-state index is 0.152. The standard InChI is InChI=1S/C13H26N2S/c1-4-13(3,5-2)15-12(16)14-11-9-7-6-8-10-11/h11H,4-10H2,1-3H3,(H2,14,15,16). The fourth-order valence-electron chi connectivity index (χ4n) is 2.17. The van der Waals surface area contributed by atoms with E-state index in [1.54, 1.807) is 0 Å². The summed E-state index contributed by atoms with van der Waals surface area (Å²) < 4.78 is 0. The van der Waals surface area contributed by atoms with Crippen molar-refractivity contribution in [2.24, 2.45) is 0 Å². The topological polar surface area (TPSA) is 24.1 Å². The van der Waals surface area contributed by atoms with Crippen molar-refractivity contribution in [1.82, 2.24) is 10.6 Å². The summed E-state index contributed by atoms with van der Waals surface area (Å²) in [5.41, 5.74) is 0.152. The summed E-state index contributed by atoms with van der Waals surface area (Å²) in [5, 5.41) is 7.77. The quantitative estimate of drug-likeness (QED) is 0.739. The van der Waals surface area contributed by atoms with E-state index in [0.29, 0.717) is 6.04 Å². The molecule has 0 unspecified atom stereocenters. The second-order valence-electron chi connectivity index (χ2n) is 5.20. The Bertz CT molecular complexity index is 218. The first-order chi connectivity index (χ1) is 7.59. The van der Waals surface area contributed by atoms with Crippen molar-refractivity contribution >= 4 is 17.3 Å². The highest BCUT2D eigenvalue weighted by Crippen LogP contribution is 2.18. The Morgan fingerprint density at radius 1 is 1.19 bits per heavy atom. The van der Waals surface area contributed by atoms with E-state index in [0.717, 1.165) is 18.0 Å². The molecule has 1 fully saturated rings. The van der Waals surface area contributed by atoms with E-state index in [1.807, 2.05) is 0 Å². The Labute approximate surface area is 106 Å². The maximum Gasteiger partial charge on any atom is 0.166 e. The summed E-state index contributed by atoms with van der Waals surface area (Å²) in [6.07, 6.45) is 8.84. The maximum atomic E-state index is 5.39. The number of hydrogen-bond donors (Lipinski definition) is 2. The van der Waals surface area contributed by atoms with Crippen LogP contribution in [0.25, 0.3) is 0 Å². The van der Waals surface area contributed by atoms with Crippen LogP contribution in [0.1, 0.15) is 65.7 Å². The van der Waals surface area contributed by atoms with Crippen molar-refractivity contribution in [1.29, 1.82) is 0 Å². The Kier molecular flexibility index (Phi) is 5.53. The van der Waals surface area contributed by atoms with E-state index in [1.165, 1.54) is 32.1 Å². The van der Waals surface area contributed by atoms with Gasteiger partial charge in [-0.2, -0.15) is 0 Å². The molecule has 1 rings (SSSR count). The zero-order valence-electron chi connectivity index (χ0n) is 10.9. The van der Waals surface area contributed by atoms with E-state index in [9.17, 15) is 0 Å². The zero-order valence-corrected chi connectivity index (χ0v) is 11.8. The third-order valence-corrected chi connectivity index (χ3v) is 4.14. The van der Waals surface area contributed by atoms with Crippen molar-refractivity contribution in [3.63, 3.8) is 0 Å². The van der Waals surface area contributed by atoms with Gasteiger partial charge >= 0.3 is 0 Å². The first kappa shape index (κ1) is 13.8. The van der Waals surface area contributed by atoms with Crippen LogP contribution in [0.2, 0.25) is 0 Å². The predicted octanol–water partition coefficient (Wildman–Crippen LogP) is 3.36. The SMILES string of the molecule is CCC(C)(CC)NC(=S)NC1CCCCC1. The van der Waals surface area contributed by atoms with Gasteiger partial charge in [0.05, 0.1) is 0 Å². The highest BCUT2D eigenvalue weighted by atomic mass is 32.1. The van der Waals surface area contributed by atoms with Gasteiger partial charge in [-0.15, -0.1) is 0 Å². The van der Waals surface area contributed by atoms with E-state index in [-0.39, 0.29) is 5.54 Å². The molecular formula is C13H26N2S. The molecule has 0 aromatic rings. The lowest BCUT2D eigenvalue weighted by Gasteiger charge is -2.32. The minimum Gasteiger partial charge on any atom is -0.360 e. The highest BCUT2D eigenvalue weighted by Gasteiger charge is 2.21. The summed E-state index contributed by atoms with van der Waals surface area (Å²) in [6.45, 7) is 6.65. The summed E-state index contributed by atoms with van der Waals surface area (Å²) in [4.78, 5) is 0. The average molecular weight is 242 g/mol. The molecule has 0 aromatic carbocycles. The molecule has 0 saturated heterocycles. The van der Waals surface area contributed by atoms with Crippen molar-refractivity contribution in [3.05, 3.63) is 0 Å². The van der Waals surface area contributed by atoms with E-state index in [2.05, 4.69) is 31.4 Å². The molecule has 0 radical (unpaired) electrons. The molecular weight excluding hydrogens is 216 g/mol. The number of hydrogen-bond acceptors (Lipinski definition) is 1. The normalized spacial score (nSPS) is 18.2. The molecule has 3 heteroatoms. The van der Waals surface area contributed by atoms with Crippen LogP contribution >= 0.6 is 12.2 Å². The average Bonchev–Trinajstić information content (AvgIpc) is 2.30. The van der Waals surface area contributed by atoms with Crippen LogP contribution < -0.4 is 10.6 Å². The molecule has 0 heterocycles. The Morgan fingerprint density at radius 3 is 2.25 bits per heavy atom. The van der Waals surface area contributed by atoms with Gasteiger partial charge in [0.25, 0.3) is 0 Å². The molecule has 2 N–H and O–H groups in total. The maximum absolute atomic E-state index is 5.39. The van der Waals surface area contributed by atoms with Gasteiger partial charge in [-0.1, -0.05) is 33.1 Å². The monoisotopic (exact) mass is 242 g/mol. The zero-order chi connectivity index (χ0) is 12.0. The lowest BCUT2D eigenvalue weighted by molar-refractivity contribution is 0.372. The van der Waals surface area contributed by atoms with E-state index < -0.39 is 0 Å². The van der Waals surface area contributed by atoms with Gasteiger partial charge in [0.2, 0.25) is 0 Å². The van der Waals surface area contributed by atoms with Crippen LogP contribution in [0.3, 0.4) is 0 Å². The molecule has 94 valence electrons. The van der Waals surface area contributed by atoms with Crippen molar-refractivity contribution < 1.29 is 0 Å². The van der Waals surface area contributed by atoms with Gasteiger partial charge in [-0.3, -0.25) is 0 Å². The fourth-order valence-corrected chi connectivity index (χ4v) is 2.58. The molecule has 16 heavy (non-hydrogen) atoms. The summed E-state index contributed by atoms with van der Waals surface area (Å²) in [5.74, 6) is 0. The number of nitrogens with one attached hydrogen (secondary N) is 2. The molecule has 0 aliphatic heterocycles. The molecule has 0 bridgehead atoms. The Hall–Kier alpha value is -0.310. The molecule has 1 saturated carbocycles. The first-order valence-electron chi connectivity index (χ1n) is 6.68. The van der Waals surface area contributed by atoms with Gasteiger partial charge in [0.1, 0.15) is 0 Å². The lowest BCUT2D eigenvalue weighted by atomic mass is 9.95. The van der Waals surface area contributed by atoms with Gasteiger partial charge in [-0.25, -0.2) is 0 Å². The van der Waals surface area contributed by atoms with E-state index >= 15 is 0 Å². The Balaban J connectivity index is 2.34. The van der Waals surface area contributed by atoms with Crippen molar-refractivity contribution in [2.45, 2.75) is 77.3 Å². The number of thiocarbonyl (C=S) groups is 1. The molecule has 1 aliphatic carbocycles. The molecule has 0 spiro atoms. The van der Waals surface area contributed by atoms with Crippen LogP contribution in [0, 0.1) is 0 Å². The van der Waals surface area contributed by atoms with Crippen molar-refractivity contribution in [2.75, 3.05) is 0 Å². The predicted molar refractivity (Wildman–Crippen MR) is 74.7 cm³/mol. The largest absolute Gasteiger partial charge is 0.360 e. The molecule has 0 aromatic heterocycles. The highest BCUT2D eigenvalue weighted by molar-refractivity contribution is 7.80. The van der Waals surface area contributed by atoms with Crippen molar-refractivity contribution in [3.8, 4) is 0 Å². The second kappa shape index (κ2) is 6.43. The van der Waals surface area contributed by atoms with Gasteiger partial charge in [0.15, 0.2) is 5.11 Å². The molecule has 0 amide bonds. The van der Waals surface area contributed by atoms with E-state index in [4.69, 9.17) is 12.2 Å². The third-order valence-electron chi connectivity index (χ3n) is 3.92. The Morgan fingerprint density at radius 2 is 1.75 bits per heavy atom. The summed E-state index contributed by atoms with van der Waals surface area (Å²) >= 11 is 5.39. The van der Waals surface area contributed by atoms with Gasteiger partial charge in [0, 0.05) is 11.6 Å². The first-order valence-corrected chi connectivity index (χ1v) is 7.09. The number of rotatable bonds is 4. The second-order valence-corrected chi connectivity index (χ2v) is 5.61. The molecule has 0 atom stereocenters. The van der Waals surface area contributed by atoms with Gasteiger partial charge < -0.3 is 10.6 Å². The lowest BCUT2D eigenvalue weighted by Crippen LogP contribution is -2.52. The summed E-state index contributed by atoms with van der Waals surface area (Å²) in [6, 6.07) is 0.603. The third kappa shape index (κ3) is 4.28. The van der Waals surface area contributed by atoms with Crippen LogP contribution in [-0.2, 0) is 0 Å². The fraction of sp³-hybridized carbons (Fsp3) is 0.923.